The van der Waals surface area contributed by atoms with Crippen molar-refractivity contribution in [3.63, 3.8) is 0 Å². The first-order valence-corrected chi connectivity index (χ1v) is 9.52. The van der Waals surface area contributed by atoms with E-state index in [9.17, 15) is 13.6 Å². The van der Waals surface area contributed by atoms with Crippen LogP contribution in [0.25, 0.3) is 11.4 Å². The molecule has 0 aliphatic heterocycles. The van der Waals surface area contributed by atoms with E-state index in [2.05, 4.69) is 20.2 Å². The minimum atomic E-state index is -2.97. The lowest BCUT2D eigenvalue weighted by Gasteiger charge is -2.18. The third-order valence-corrected chi connectivity index (χ3v) is 4.37. The Morgan fingerprint density at radius 1 is 1.16 bits per heavy atom. The fourth-order valence-electron chi connectivity index (χ4n) is 2.89. The monoisotopic (exact) mass is 432 g/mol. The number of nitrogens with one attached hydrogen (secondary N) is 1. The number of carbonyl (C=O) groups is 1. The zero-order valence-corrected chi connectivity index (χ0v) is 17.0. The summed E-state index contributed by atoms with van der Waals surface area (Å²) in [5.74, 6) is 0.648. The highest BCUT2D eigenvalue weighted by Crippen LogP contribution is 2.29. The number of aromatic nitrogens is 2. The van der Waals surface area contributed by atoms with E-state index < -0.39 is 6.61 Å². The van der Waals surface area contributed by atoms with Crippen molar-refractivity contribution < 1.29 is 27.6 Å². The summed E-state index contributed by atoms with van der Waals surface area (Å²) >= 11 is 0. The predicted octanol–water partition coefficient (Wildman–Crippen LogP) is 3.81. The highest BCUT2D eigenvalue weighted by atomic mass is 19.3. The van der Waals surface area contributed by atoms with Crippen molar-refractivity contribution in [2.75, 3.05) is 25.5 Å². The third-order valence-electron chi connectivity index (χ3n) is 4.37. The lowest BCUT2D eigenvalue weighted by molar-refractivity contribution is -0.117. The summed E-state index contributed by atoms with van der Waals surface area (Å²) in [6, 6.07) is 13.3. The van der Waals surface area contributed by atoms with Crippen LogP contribution in [0.3, 0.4) is 0 Å². The first-order valence-electron chi connectivity index (χ1n) is 9.52. The van der Waals surface area contributed by atoms with Gasteiger partial charge in [0.25, 0.3) is 0 Å². The Kier molecular flexibility index (Phi) is 7.50. The highest BCUT2D eigenvalue weighted by Gasteiger charge is 2.18. The van der Waals surface area contributed by atoms with Crippen molar-refractivity contribution in [2.24, 2.45) is 0 Å². The molecule has 0 radical (unpaired) electrons. The zero-order chi connectivity index (χ0) is 22.2. The van der Waals surface area contributed by atoms with Gasteiger partial charge in [0.2, 0.25) is 17.6 Å². The van der Waals surface area contributed by atoms with Gasteiger partial charge < -0.3 is 19.3 Å². The lowest BCUT2D eigenvalue weighted by atomic mass is 10.2. The zero-order valence-electron chi connectivity index (χ0n) is 17.0. The maximum absolute atomic E-state index is 12.6. The number of anilines is 1. The van der Waals surface area contributed by atoms with Gasteiger partial charge in [-0.15, -0.1) is 0 Å². The molecule has 0 aliphatic rings. The van der Waals surface area contributed by atoms with Crippen LogP contribution in [0.5, 0.6) is 11.5 Å². The van der Waals surface area contributed by atoms with Gasteiger partial charge >= 0.3 is 6.61 Å². The van der Waals surface area contributed by atoms with E-state index >= 15 is 0 Å². The van der Waals surface area contributed by atoms with E-state index in [1.807, 2.05) is 13.0 Å². The molecule has 31 heavy (non-hydrogen) atoms. The first kappa shape index (κ1) is 22.2. The fraction of sp³-hybridized carbons (Fsp3) is 0.286. The molecule has 0 atom stereocenters. The van der Waals surface area contributed by atoms with E-state index in [1.165, 1.54) is 13.2 Å². The Hall–Kier alpha value is -3.53. The topological polar surface area (TPSA) is 89.7 Å². The van der Waals surface area contributed by atoms with Crippen molar-refractivity contribution in [3.05, 3.63) is 54.4 Å². The van der Waals surface area contributed by atoms with Gasteiger partial charge in [-0.25, -0.2) is 0 Å². The highest BCUT2D eigenvalue weighted by molar-refractivity contribution is 5.93. The Bertz CT molecular complexity index is 1010. The second kappa shape index (κ2) is 10.5. The van der Waals surface area contributed by atoms with Crippen LogP contribution < -0.4 is 14.8 Å². The van der Waals surface area contributed by atoms with Crippen LogP contribution in [0.1, 0.15) is 12.8 Å². The average molecular weight is 432 g/mol. The molecule has 2 aromatic carbocycles. The number of alkyl halides is 2. The summed E-state index contributed by atoms with van der Waals surface area (Å²) in [6.07, 6.45) is 0. The molecule has 1 N–H and O–H groups in total. The molecule has 0 saturated carbocycles. The Morgan fingerprint density at radius 2 is 1.87 bits per heavy atom. The summed E-state index contributed by atoms with van der Waals surface area (Å²) in [4.78, 5) is 18.5. The molecule has 1 heterocycles. The molecule has 1 aromatic heterocycles. The van der Waals surface area contributed by atoms with Crippen molar-refractivity contribution in [2.45, 2.75) is 20.1 Å². The summed E-state index contributed by atoms with van der Waals surface area (Å²) in [6.45, 7) is -0.246. The number of benzene rings is 2. The summed E-state index contributed by atoms with van der Waals surface area (Å²) < 4.78 is 40.2. The van der Waals surface area contributed by atoms with Crippen LogP contribution in [0.4, 0.5) is 14.5 Å². The molecule has 0 saturated heterocycles. The molecule has 164 valence electrons. The molecule has 0 bridgehead atoms. The molecule has 0 spiro atoms. The molecule has 0 fully saturated rings. The van der Waals surface area contributed by atoms with Crippen molar-refractivity contribution in [3.8, 4) is 22.9 Å². The second-order valence-electron chi connectivity index (χ2n) is 6.44. The number of para-hydroxylation sites is 3. The van der Waals surface area contributed by atoms with Crippen LogP contribution in [0, 0.1) is 0 Å². The number of likely N-dealkylation sites (N-methyl/N-ethyl adjacent to an activating group) is 1. The predicted molar refractivity (Wildman–Crippen MR) is 109 cm³/mol. The van der Waals surface area contributed by atoms with Gasteiger partial charge in [0.05, 0.1) is 31.5 Å². The third kappa shape index (κ3) is 5.98. The van der Waals surface area contributed by atoms with E-state index in [0.29, 0.717) is 18.0 Å². The van der Waals surface area contributed by atoms with Gasteiger partial charge in [-0.3, -0.25) is 9.69 Å². The van der Waals surface area contributed by atoms with Gasteiger partial charge in [0.15, 0.2) is 0 Å². The quantitative estimate of drug-likeness (QED) is 0.521. The average Bonchev–Trinajstić information content (AvgIpc) is 3.22. The summed E-state index contributed by atoms with van der Waals surface area (Å²) in [7, 11) is 1.53. The van der Waals surface area contributed by atoms with Crippen LogP contribution in [-0.4, -0.2) is 47.8 Å². The molecular formula is C21H22F2N4O4. The number of carbonyl (C=O) groups excluding carboxylic acids is 1. The van der Waals surface area contributed by atoms with Gasteiger partial charge in [0, 0.05) is 0 Å². The minimum absolute atomic E-state index is 0.0478. The molecular weight excluding hydrogens is 410 g/mol. The van der Waals surface area contributed by atoms with Crippen LogP contribution in [0.15, 0.2) is 53.1 Å². The number of rotatable bonds is 10. The Balaban J connectivity index is 1.66. The second-order valence-corrected chi connectivity index (χ2v) is 6.44. The normalized spacial score (nSPS) is 11.0. The number of hydrogen-bond donors (Lipinski definition) is 1. The van der Waals surface area contributed by atoms with Crippen LogP contribution in [-0.2, 0) is 11.3 Å². The molecule has 8 nitrogen and oxygen atoms in total. The van der Waals surface area contributed by atoms with Gasteiger partial charge in [-0.1, -0.05) is 36.3 Å². The number of amides is 1. The smallest absolute Gasteiger partial charge is 0.387 e. The Labute approximate surface area is 177 Å². The lowest BCUT2D eigenvalue weighted by Crippen LogP contribution is -2.33. The number of halogens is 2. The first-order chi connectivity index (χ1) is 15.0. The number of nitrogens with zero attached hydrogens (tertiary/aromatic N) is 3. The van der Waals surface area contributed by atoms with E-state index in [1.54, 1.807) is 41.3 Å². The minimum Gasteiger partial charge on any atom is -0.495 e. The largest absolute Gasteiger partial charge is 0.495 e. The number of hydrogen-bond acceptors (Lipinski definition) is 7. The fourth-order valence-corrected chi connectivity index (χ4v) is 2.89. The van der Waals surface area contributed by atoms with Crippen LogP contribution >= 0.6 is 0 Å². The van der Waals surface area contributed by atoms with Gasteiger partial charge in [-0.2, -0.15) is 13.8 Å². The summed E-state index contributed by atoms with van der Waals surface area (Å²) in [5.41, 5.74) is 0.858. The van der Waals surface area contributed by atoms with E-state index in [0.717, 1.165) is 0 Å². The number of methoxy groups -OCH3 is 1. The maximum Gasteiger partial charge on any atom is 0.387 e. The van der Waals surface area contributed by atoms with E-state index in [-0.39, 0.29) is 42.0 Å². The van der Waals surface area contributed by atoms with Gasteiger partial charge in [-0.05, 0) is 30.8 Å². The van der Waals surface area contributed by atoms with Gasteiger partial charge in [0.1, 0.15) is 11.5 Å². The van der Waals surface area contributed by atoms with Crippen molar-refractivity contribution >= 4 is 11.6 Å². The molecule has 0 aliphatic carbocycles. The molecule has 3 rings (SSSR count). The Morgan fingerprint density at radius 3 is 2.58 bits per heavy atom. The van der Waals surface area contributed by atoms with E-state index in [4.69, 9.17) is 9.26 Å². The summed E-state index contributed by atoms with van der Waals surface area (Å²) in [5, 5.41) is 6.67. The maximum atomic E-state index is 12.6. The molecule has 3 aromatic rings. The van der Waals surface area contributed by atoms with Crippen LogP contribution in [0.2, 0.25) is 0 Å². The molecule has 10 heteroatoms. The molecule has 1 amide bonds. The standard InChI is InChI=1S/C21H22F2N4O4/c1-3-27(12-18(28)24-15-9-5-7-11-17(15)29-2)13-19-25-20(26-31-19)14-8-4-6-10-16(14)30-21(22)23/h4-11,21H,3,12-13H2,1-2H3,(H,24,28). The van der Waals surface area contributed by atoms with Crippen molar-refractivity contribution in [1.29, 1.82) is 0 Å². The number of ether oxygens (including phenoxy) is 2. The van der Waals surface area contributed by atoms with Crippen molar-refractivity contribution in [1.82, 2.24) is 15.0 Å². The molecule has 0 unspecified atom stereocenters. The SMILES string of the molecule is CCN(CC(=O)Nc1ccccc1OC)Cc1nc(-c2ccccc2OC(F)F)no1.